The highest BCUT2D eigenvalue weighted by Crippen LogP contribution is 2.27. The Kier molecular flexibility index (Phi) is 8.45. The van der Waals surface area contributed by atoms with Gasteiger partial charge in [0.05, 0.1) is 36.3 Å². The topological polar surface area (TPSA) is 143 Å². The molecule has 4 heterocycles. The number of benzene rings is 1. The van der Waals surface area contributed by atoms with E-state index in [1.165, 1.54) is 0 Å². The summed E-state index contributed by atoms with van der Waals surface area (Å²) in [5, 5.41) is 7.01. The zero-order valence-electron chi connectivity index (χ0n) is 23.1. The molecule has 5 rings (SSSR count). The lowest BCUT2D eigenvalue weighted by Crippen LogP contribution is -2.62. The van der Waals surface area contributed by atoms with Gasteiger partial charge in [-0.1, -0.05) is 17.3 Å². The number of rotatable bonds is 4. The predicted molar refractivity (Wildman–Crippen MR) is 145 cm³/mol. The van der Waals surface area contributed by atoms with Gasteiger partial charge in [-0.15, -0.1) is 0 Å². The zero-order chi connectivity index (χ0) is 28.4. The quantitative estimate of drug-likeness (QED) is 0.545. The van der Waals surface area contributed by atoms with E-state index in [9.17, 15) is 18.0 Å². The van der Waals surface area contributed by atoms with Crippen LogP contribution >= 0.6 is 0 Å². The number of piperazine rings is 1. The molecule has 2 saturated heterocycles. The van der Waals surface area contributed by atoms with Gasteiger partial charge in [0.1, 0.15) is 17.6 Å². The summed E-state index contributed by atoms with van der Waals surface area (Å²) in [7, 11) is -3.47. The van der Waals surface area contributed by atoms with Crippen LogP contribution in [0.2, 0.25) is 0 Å². The summed E-state index contributed by atoms with van der Waals surface area (Å²) >= 11 is 0. The van der Waals surface area contributed by atoms with E-state index in [0.717, 1.165) is 23.3 Å². The molecule has 218 valence electrons. The Morgan fingerprint density at radius 3 is 2.67 bits per heavy atom. The average molecular weight is 576 g/mol. The number of para-hydroxylation sites is 1. The number of carbonyl (C=O) groups excluding carboxylic acids is 2. The van der Waals surface area contributed by atoms with Crippen molar-refractivity contribution in [1.29, 1.82) is 0 Å². The molecule has 2 fully saturated rings. The molecule has 2 bridgehead atoms. The third-order valence-electron chi connectivity index (χ3n) is 7.86. The lowest BCUT2D eigenvalue weighted by molar-refractivity contribution is -0.130. The molecule has 2 N–H and O–H groups in total. The molecule has 0 spiro atoms. The van der Waals surface area contributed by atoms with Crippen LogP contribution in [-0.2, 0) is 26.1 Å². The number of hydrogen-bond acceptors (Lipinski definition) is 9. The first-order chi connectivity index (χ1) is 19.1. The molecule has 1 aromatic carbocycles. The largest absolute Gasteiger partial charge is 0.493 e. The molecular formula is C27H37N5O7S. The van der Waals surface area contributed by atoms with E-state index in [0.29, 0.717) is 63.4 Å². The minimum absolute atomic E-state index is 0.113. The van der Waals surface area contributed by atoms with E-state index in [-0.39, 0.29) is 24.5 Å². The Balaban J connectivity index is 1.42. The fourth-order valence-corrected chi connectivity index (χ4v) is 6.54. The smallest absolute Gasteiger partial charge is 0.258 e. The summed E-state index contributed by atoms with van der Waals surface area (Å²) in [4.78, 5) is 31.3. The number of fused-ring (bicyclic) bond motifs is 4. The van der Waals surface area contributed by atoms with Gasteiger partial charge in [-0.3, -0.25) is 14.5 Å². The lowest BCUT2D eigenvalue weighted by atomic mass is 9.97. The first kappa shape index (κ1) is 28.5. The second-order valence-corrected chi connectivity index (χ2v) is 12.6. The average Bonchev–Trinajstić information content (AvgIpc) is 3.23. The van der Waals surface area contributed by atoms with Gasteiger partial charge in [-0.2, -0.15) is 0 Å². The number of ether oxygens (including phenoxy) is 2. The monoisotopic (exact) mass is 575 g/mol. The third kappa shape index (κ3) is 6.48. The Morgan fingerprint density at radius 1 is 1.12 bits per heavy atom. The van der Waals surface area contributed by atoms with Crippen LogP contribution in [0.3, 0.4) is 0 Å². The number of aryl methyl sites for hydroxylation is 2. The van der Waals surface area contributed by atoms with Gasteiger partial charge >= 0.3 is 0 Å². The Morgan fingerprint density at radius 2 is 1.93 bits per heavy atom. The fourth-order valence-electron chi connectivity index (χ4n) is 5.72. The lowest BCUT2D eigenvalue weighted by Gasteiger charge is -2.41. The van der Waals surface area contributed by atoms with Gasteiger partial charge in [-0.05, 0) is 38.8 Å². The van der Waals surface area contributed by atoms with Gasteiger partial charge in [0.2, 0.25) is 15.9 Å². The van der Waals surface area contributed by atoms with Crippen molar-refractivity contribution in [3.63, 3.8) is 0 Å². The zero-order valence-corrected chi connectivity index (χ0v) is 23.9. The minimum Gasteiger partial charge on any atom is -0.493 e. The van der Waals surface area contributed by atoms with Crippen molar-refractivity contribution in [2.24, 2.45) is 0 Å². The molecule has 1 aromatic heterocycles. The summed E-state index contributed by atoms with van der Waals surface area (Å²) in [5.41, 5.74) is 2.18. The molecule has 0 aliphatic carbocycles. The normalized spacial score (nSPS) is 26.7. The molecular weight excluding hydrogens is 538 g/mol. The standard InChI is InChI=1S/C27H37N5O7S/c1-17-21(18(2)39-29-17)15-31-11-12-32-23(16-31)26(33)28-14-25-22(30-40(3,35)36)9-8-19(38-25)10-13-37-24-7-5-4-6-20(24)27(32)34/h4-7,19,22-23,25,30H,8-16H2,1-3H3,(H,28,33)/t19-,22+,23-,25+/m0/s1. The molecule has 13 heteroatoms. The number of nitrogens with one attached hydrogen (secondary N) is 2. The Bertz CT molecular complexity index is 1330. The maximum absolute atomic E-state index is 13.8. The molecule has 12 nitrogen and oxygen atoms in total. The number of aromatic nitrogens is 1. The van der Waals surface area contributed by atoms with Crippen LogP contribution < -0.4 is 14.8 Å². The van der Waals surface area contributed by atoms with Gasteiger partial charge in [0.15, 0.2) is 0 Å². The van der Waals surface area contributed by atoms with E-state index in [2.05, 4.69) is 20.1 Å². The summed E-state index contributed by atoms with van der Waals surface area (Å²) in [6.45, 7) is 5.96. The SMILES string of the molecule is Cc1noc(C)c1CN1CCN2C(=O)c3ccccc3OCC[C@@H]3CC[C@@H](NS(C)(=O)=O)[C@@H](CNC(=O)[C@@H]2C1)O3. The van der Waals surface area contributed by atoms with Crippen LogP contribution in [0.15, 0.2) is 28.8 Å². The molecule has 2 amide bonds. The fraction of sp³-hybridized carbons (Fsp3) is 0.593. The highest BCUT2D eigenvalue weighted by molar-refractivity contribution is 7.88. The van der Waals surface area contributed by atoms with Crippen LogP contribution in [0, 0.1) is 13.8 Å². The Labute approximate surface area is 234 Å². The van der Waals surface area contributed by atoms with Gasteiger partial charge in [-0.25, -0.2) is 13.1 Å². The van der Waals surface area contributed by atoms with Crippen molar-refractivity contribution < 1.29 is 32.0 Å². The van der Waals surface area contributed by atoms with Gasteiger partial charge in [0, 0.05) is 50.7 Å². The molecule has 3 aliphatic rings. The second-order valence-electron chi connectivity index (χ2n) is 10.8. The first-order valence-electron chi connectivity index (χ1n) is 13.7. The van der Waals surface area contributed by atoms with Crippen LogP contribution in [0.5, 0.6) is 5.75 Å². The van der Waals surface area contributed by atoms with Crippen LogP contribution in [0.1, 0.15) is 46.6 Å². The molecule has 4 atom stereocenters. The minimum atomic E-state index is -3.47. The van der Waals surface area contributed by atoms with Gasteiger partial charge < -0.3 is 24.2 Å². The summed E-state index contributed by atoms with van der Waals surface area (Å²) < 4.78 is 44.3. The van der Waals surface area contributed by atoms with E-state index in [1.54, 1.807) is 23.1 Å². The van der Waals surface area contributed by atoms with Crippen molar-refractivity contribution in [2.75, 3.05) is 39.0 Å². The van der Waals surface area contributed by atoms with Crippen molar-refractivity contribution >= 4 is 21.8 Å². The summed E-state index contributed by atoms with van der Waals surface area (Å²) in [6.07, 6.45) is 2.19. The second kappa shape index (κ2) is 11.9. The summed E-state index contributed by atoms with van der Waals surface area (Å²) in [5.74, 6) is 0.603. The van der Waals surface area contributed by atoms with E-state index < -0.39 is 28.2 Å². The van der Waals surface area contributed by atoms with Crippen LogP contribution in [0.25, 0.3) is 0 Å². The molecule has 3 aliphatic heterocycles. The third-order valence-corrected chi connectivity index (χ3v) is 8.60. The van der Waals surface area contributed by atoms with Crippen molar-refractivity contribution in [1.82, 2.24) is 25.0 Å². The van der Waals surface area contributed by atoms with Crippen molar-refractivity contribution in [3.05, 3.63) is 46.8 Å². The molecule has 0 saturated carbocycles. The van der Waals surface area contributed by atoms with E-state index in [4.69, 9.17) is 14.0 Å². The molecule has 40 heavy (non-hydrogen) atoms. The molecule has 0 radical (unpaired) electrons. The predicted octanol–water partition coefficient (Wildman–Crippen LogP) is 0.982. The maximum atomic E-state index is 13.8. The van der Waals surface area contributed by atoms with Crippen LogP contribution in [-0.4, -0.2) is 98.5 Å². The number of nitrogens with zero attached hydrogens (tertiary/aromatic N) is 3. The molecule has 0 unspecified atom stereocenters. The van der Waals surface area contributed by atoms with E-state index >= 15 is 0 Å². The van der Waals surface area contributed by atoms with Gasteiger partial charge in [0.25, 0.3) is 5.91 Å². The van der Waals surface area contributed by atoms with Crippen LogP contribution in [0.4, 0.5) is 0 Å². The first-order valence-corrected chi connectivity index (χ1v) is 15.6. The number of carbonyl (C=O) groups is 2. The number of hydrogen-bond donors (Lipinski definition) is 2. The molecule has 2 aromatic rings. The number of amides is 2. The highest BCUT2D eigenvalue weighted by Gasteiger charge is 2.39. The van der Waals surface area contributed by atoms with E-state index in [1.807, 2.05) is 19.9 Å². The van der Waals surface area contributed by atoms with Crippen molar-refractivity contribution in [3.8, 4) is 5.75 Å². The summed E-state index contributed by atoms with van der Waals surface area (Å²) in [6, 6.07) is 5.84. The number of sulfonamides is 1. The Hall–Kier alpha value is -3.00. The maximum Gasteiger partial charge on any atom is 0.258 e. The highest BCUT2D eigenvalue weighted by atomic mass is 32.2. The van der Waals surface area contributed by atoms with Crippen molar-refractivity contribution in [2.45, 2.75) is 63.9 Å².